The van der Waals surface area contributed by atoms with Gasteiger partial charge in [0.2, 0.25) is 0 Å². The van der Waals surface area contributed by atoms with Gasteiger partial charge in [-0.1, -0.05) is 51.1 Å². The number of nitrogens with one attached hydrogen (secondary N) is 1. The maximum absolute atomic E-state index is 11.9. The molecule has 0 aliphatic heterocycles. The topological polar surface area (TPSA) is 45.8 Å². The van der Waals surface area contributed by atoms with Crippen molar-refractivity contribution in [2.75, 3.05) is 0 Å². The molecule has 0 fully saturated rings. The maximum Gasteiger partial charge on any atom is 0.258 e. The van der Waals surface area contributed by atoms with Gasteiger partial charge in [-0.15, -0.1) is 0 Å². The van der Waals surface area contributed by atoms with E-state index in [1.807, 2.05) is 18.2 Å². The normalized spacial score (nSPS) is 11.8. The third-order valence-electron chi connectivity index (χ3n) is 3.91. The molecule has 1 heterocycles. The zero-order chi connectivity index (χ0) is 15.9. The summed E-state index contributed by atoms with van der Waals surface area (Å²) in [6, 6.07) is 14.4. The largest absolute Gasteiger partial charge is 0.310 e. The Balaban J connectivity index is 2.09. The first-order valence-corrected chi connectivity index (χ1v) is 7.46. The second-order valence-corrected chi connectivity index (χ2v) is 6.71. The molecule has 0 unspecified atom stereocenters. The van der Waals surface area contributed by atoms with E-state index >= 15 is 0 Å². The molecule has 0 aliphatic carbocycles. The summed E-state index contributed by atoms with van der Waals surface area (Å²) in [7, 11) is 0. The Morgan fingerprint density at radius 2 is 1.59 bits per heavy atom. The lowest BCUT2D eigenvalue weighted by Gasteiger charge is -2.19. The first kappa shape index (κ1) is 14.5. The summed E-state index contributed by atoms with van der Waals surface area (Å²) in [5.41, 5.74) is 4.31. The van der Waals surface area contributed by atoms with Crippen molar-refractivity contribution in [1.29, 1.82) is 0 Å². The van der Waals surface area contributed by atoms with Crippen molar-refractivity contribution in [1.82, 2.24) is 9.97 Å². The van der Waals surface area contributed by atoms with E-state index in [0.29, 0.717) is 11.2 Å². The third-order valence-corrected chi connectivity index (χ3v) is 3.91. The van der Waals surface area contributed by atoms with Crippen LogP contribution < -0.4 is 5.56 Å². The highest BCUT2D eigenvalue weighted by atomic mass is 16.1. The van der Waals surface area contributed by atoms with Gasteiger partial charge in [0.1, 0.15) is 5.82 Å². The molecular weight excluding hydrogens is 272 g/mol. The summed E-state index contributed by atoms with van der Waals surface area (Å²) in [5, 5.41) is 0.626. The highest BCUT2D eigenvalue weighted by molar-refractivity contribution is 5.83. The molecule has 2 aromatic carbocycles. The standard InChI is InChI=1S/C19H20N2O/c1-12-20-17-11-14(7-10-16(17)18(22)21-12)13-5-8-15(9-6-13)19(2,3)4/h5-11H,1-4H3,(H,20,21,22). The summed E-state index contributed by atoms with van der Waals surface area (Å²) in [6.45, 7) is 8.41. The molecule has 3 rings (SSSR count). The second-order valence-electron chi connectivity index (χ2n) is 6.71. The highest BCUT2D eigenvalue weighted by Crippen LogP contribution is 2.27. The van der Waals surface area contributed by atoms with E-state index in [4.69, 9.17) is 0 Å². The van der Waals surface area contributed by atoms with Crippen LogP contribution in [0.25, 0.3) is 22.0 Å². The van der Waals surface area contributed by atoms with Crippen molar-refractivity contribution < 1.29 is 0 Å². The van der Waals surface area contributed by atoms with E-state index < -0.39 is 0 Å². The predicted octanol–water partition coefficient (Wildman–Crippen LogP) is 4.20. The fourth-order valence-electron chi connectivity index (χ4n) is 2.60. The summed E-state index contributed by atoms with van der Waals surface area (Å²) >= 11 is 0. The average molecular weight is 292 g/mol. The number of benzene rings is 2. The summed E-state index contributed by atoms with van der Waals surface area (Å²) in [5.74, 6) is 0.637. The molecule has 3 aromatic rings. The Hall–Kier alpha value is -2.42. The summed E-state index contributed by atoms with van der Waals surface area (Å²) in [4.78, 5) is 19.1. The third kappa shape index (κ3) is 2.67. The van der Waals surface area contributed by atoms with Gasteiger partial charge in [0.15, 0.2) is 0 Å². The summed E-state index contributed by atoms with van der Waals surface area (Å²) < 4.78 is 0. The lowest BCUT2D eigenvalue weighted by molar-refractivity contribution is 0.590. The van der Waals surface area contributed by atoms with Crippen LogP contribution >= 0.6 is 0 Å². The van der Waals surface area contributed by atoms with Crippen molar-refractivity contribution in [2.45, 2.75) is 33.1 Å². The first-order valence-electron chi connectivity index (χ1n) is 7.46. The zero-order valence-electron chi connectivity index (χ0n) is 13.4. The Morgan fingerprint density at radius 1 is 0.955 bits per heavy atom. The fraction of sp³-hybridized carbons (Fsp3) is 0.263. The van der Waals surface area contributed by atoms with Crippen LogP contribution in [0.3, 0.4) is 0 Å². The van der Waals surface area contributed by atoms with E-state index in [1.54, 1.807) is 6.92 Å². The van der Waals surface area contributed by atoms with Crippen LogP contribution in [0.15, 0.2) is 47.3 Å². The summed E-state index contributed by atoms with van der Waals surface area (Å²) in [6.07, 6.45) is 0. The Labute approximate surface area is 130 Å². The Morgan fingerprint density at radius 3 is 2.23 bits per heavy atom. The number of hydrogen-bond donors (Lipinski definition) is 1. The maximum atomic E-state index is 11.9. The molecular formula is C19H20N2O. The van der Waals surface area contributed by atoms with E-state index in [9.17, 15) is 4.79 Å². The van der Waals surface area contributed by atoms with Gasteiger partial charge in [-0.25, -0.2) is 4.98 Å². The molecule has 3 heteroatoms. The van der Waals surface area contributed by atoms with Crippen LogP contribution in [-0.4, -0.2) is 9.97 Å². The van der Waals surface area contributed by atoms with Crippen molar-refractivity contribution in [2.24, 2.45) is 0 Å². The monoisotopic (exact) mass is 292 g/mol. The second kappa shape index (κ2) is 5.09. The molecule has 0 aliphatic rings. The quantitative estimate of drug-likeness (QED) is 0.730. The number of nitrogens with zero attached hydrogens (tertiary/aromatic N) is 1. The molecule has 22 heavy (non-hydrogen) atoms. The van der Waals surface area contributed by atoms with E-state index in [2.05, 4.69) is 55.0 Å². The van der Waals surface area contributed by atoms with Crippen LogP contribution in [0.5, 0.6) is 0 Å². The zero-order valence-corrected chi connectivity index (χ0v) is 13.4. The molecule has 1 N–H and O–H groups in total. The van der Waals surface area contributed by atoms with Crippen molar-refractivity contribution >= 4 is 10.9 Å². The fourth-order valence-corrected chi connectivity index (χ4v) is 2.60. The van der Waals surface area contributed by atoms with E-state index in [0.717, 1.165) is 16.6 Å². The van der Waals surface area contributed by atoms with Gasteiger partial charge in [-0.2, -0.15) is 0 Å². The van der Waals surface area contributed by atoms with Crippen LogP contribution in [0.2, 0.25) is 0 Å². The predicted molar refractivity (Wildman–Crippen MR) is 91.2 cm³/mol. The number of H-pyrrole nitrogens is 1. The minimum absolute atomic E-state index is 0.0860. The van der Waals surface area contributed by atoms with Crippen LogP contribution in [-0.2, 0) is 5.41 Å². The van der Waals surface area contributed by atoms with Crippen molar-refractivity contribution in [3.05, 3.63) is 64.2 Å². The van der Waals surface area contributed by atoms with Gasteiger partial charge in [-0.3, -0.25) is 4.79 Å². The Bertz CT molecular complexity index is 884. The van der Waals surface area contributed by atoms with Crippen LogP contribution in [0.4, 0.5) is 0 Å². The number of aromatic nitrogens is 2. The lowest BCUT2D eigenvalue weighted by atomic mass is 9.86. The van der Waals surface area contributed by atoms with Gasteiger partial charge in [0, 0.05) is 0 Å². The smallest absolute Gasteiger partial charge is 0.258 e. The van der Waals surface area contributed by atoms with Gasteiger partial charge < -0.3 is 4.98 Å². The number of aryl methyl sites for hydroxylation is 1. The van der Waals surface area contributed by atoms with Gasteiger partial charge in [0.25, 0.3) is 5.56 Å². The van der Waals surface area contributed by atoms with Gasteiger partial charge >= 0.3 is 0 Å². The number of rotatable bonds is 1. The highest BCUT2D eigenvalue weighted by Gasteiger charge is 2.13. The lowest BCUT2D eigenvalue weighted by Crippen LogP contribution is -2.10. The van der Waals surface area contributed by atoms with Crippen LogP contribution in [0.1, 0.15) is 32.2 Å². The molecule has 0 spiro atoms. The SMILES string of the molecule is Cc1nc2cc(-c3ccc(C(C)(C)C)cc3)ccc2c(=O)[nH]1. The van der Waals surface area contributed by atoms with Crippen molar-refractivity contribution in [3.63, 3.8) is 0 Å². The molecule has 0 saturated heterocycles. The van der Waals surface area contributed by atoms with E-state index in [1.165, 1.54) is 5.56 Å². The minimum atomic E-state index is -0.0860. The molecule has 0 radical (unpaired) electrons. The van der Waals surface area contributed by atoms with Crippen molar-refractivity contribution in [3.8, 4) is 11.1 Å². The minimum Gasteiger partial charge on any atom is -0.310 e. The molecule has 3 nitrogen and oxygen atoms in total. The molecule has 0 atom stereocenters. The van der Waals surface area contributed by atoms with Gasteiger partial charge in [0.05, 0.1) is 10.9 Å². The van der Waals surface area contributed by atoms with E-state index in [-0.39, 0.29) is 11.0 Å². The number of fused-ring (bicyclic) bond motifs is 1. The average Bonchev–Trinajstić information content (AvgIpc) is 2.45. The molecule has 0 bridgehead atoms. The molecule has 0 saturated carbocycles. The number of hydrogen-bond acceptors (Lipinski definition) is 2. The molecule has 112 valence electrons. The Kier molecular flexibility index (Phi) is 3.36. The number of aromatic amines is 1. The first-order chi connectivity index (χ1) is 10.3. The molecule has 0 amide bonds. The van der Waals surface area contributed by atoms with Gasteiger partial charge in [-0.05, 0) is 41.2 Å². The molecule has 1 aromatic heterocycles. The van der Waals surface area contributed by atoms with Crippen LogP contribution in [0, 0.1) is 6.92 Å².